The van der Waals surface area contributed by atoms with Crippen LogP contribution in [0.25, 0.3) is 22.4 Å². The molecule has 4 rings (SSSR count). The third-order valence-electron chi connectivity index (χ3n) is 4.83. The van der Waals surface area contributed by atoms with Crippen molar-refractivity contribution in [2.75, 3.05) is 7.05 Å². The maximum absolute atomic E-state index is 12.9. The number of aromatic nitrogens is 2. The van der Waals surface area contributed by atoms with Gasteiger partial charge in [-0.3, -0.25) is 4.99 Å². The second-order valence-corrected chi connectivity index (χ2v) is 10.5. The topological polar surface area (TPSA) is 76.3 Å². The number of nitrogens with one attached hydrogen (secondary N) is 1. The normalized spacial score (nSPS) is 12.1. The van der Waals surface area contributed by atoms with Crippen LogP contribution in [0.5, 0.6) is 0 Å². The maximum Gasteiger partial charge on any atom is 0.264 e. The molecule has 0 bridgehead atoms. The van der Waals surface area contributed by atoms with Crippen LogP contribution in [0.1, 0.15) is 0 Å². The van der Waals surface area contributed by atoms with Gasteiger partial charge in [-0.2, -0.15) is 5.10 Å². The average molecular weight is 554 g/mol. The van der Waals surface area contributed by atoms with Crippen LogP contribution in [0, 0.1) is 0 Å². The Balaban J connectivity index is 1.81. The van der Waals surface area contributed by atoms with Gasteiger partial charge in [0.05, 0.1) is 9.92 Å². The summed E-state index contributed by atoms with van der Waals surface area (Å²) in [5.41, 5.74) is 2.61. The summed E-state index contributed by atoms with van der Waals surface area (Å²) < 4.78 is 29.7. The summed E-state index contributed by atoms with van der Waals surface area (Å²) in [5.74, 6) is -0.0125. The Morgan fingerprint density at radius 1 is 0.853 bits per heavy atom. The highest BCUT2D eigenvalue weighted by atomic mass is 35.5. The van der Waals surface area contributed by atoms with Crippen molar-refractivity contribution in [2.45, 2.75) is 4.90 Å². The van der Waals surface area contributed by atoms with Crippen LogP contribution < -0.4 is 4.72 Å². The predicted molar refractivity (Wildman–Crippen MR) is 139 cm³/mol. The molecule has 1 heterocycles. The molecular weight excluding hydrogens is 538 g/mol. The van der Waals surface area contributed by atoms with Crippen molar-refractivity contribution in [3.05, 3.63) is 93.0 Å². The number of rotatable bonds is 4. The largest absolute Gasteiger partial charge is 0.264 e. The van der Waals surface area contributed by atoms with Gasteiger partial charge in [-0.1, -0.05) is 64.6 Å². The van der Waals surface area contributed by atoms with E-state index in [4.69, 9.17) is 46.4 Å². The second-order valence-electron chi connectivity index (χ2n) is 7.07. The molecular formula is C23H16Cl4N4O2S. The van der Waals surface area contributed by atoms with E-state index < -0.39 is 10.0 Å². The van der Waals surface area contributed by atoms with Gasteiger partial charge >= 0.3 is 0 Å². The Morgan fingerprint density at radius 2 is 1.44 bits per heavy atom. The van der Waals surface area contributed by atoms with Crippen molar-refractivity contribution in [2.24, 2.45) is 4.99 Å². The summed E-state index contributed by atoms with van der Waals surface area (Å²) in [6.07, 6.45) is 1.64. The van der Waals surface area contributed by atoms with E-state index in [9.17, 15) is 8.42 Å². The van der Waals surface area contributed by atoms with Gasteiger partial charge in [0.1, 0.15) is 5.69 Å². The van der Waals surface area contributed by atoms with E-state index in [0.29, 0.717) is 36.9 Å². The van der Waals surface area contributed by atoms with Gasteiger partial charge in [-0.15, -0.1) is 0 Å². The molecule has 0 spiro atoms. The molecule has 11 heteroatoms. The van der Waals surface area contributed by atoms with Gasteiger partial charge in [-0.25, -0.2) is 17.8 Å². The van der Waals surface area contributed by atoms with Crippen LogP contribution in [-0.2, 0) is 10.0 Å². The van der Waals surface area contributed by atoms with Crippen LogP contribution in [-0.4, -0.2) is 31.2 Å². The number of hydrogen-bond acceptors (Lipinski definition) is 4. The SMILES string of the molecule is CN=C(NS(=O)(=O)c1ccc(Cl)cc1)n1cc(-c2ccc(Cl)cc2Cl)c(-c2ccc(Cl)cc2)n1. The molecule has 0 amide bonds. The fraction of sp³-hybridized carbons (Fsp3) is 0.0435. The first-order chi connectivity index (χ1) is 16.2. The predicted octanol–water partition coefficient (Wildman–Crippen LogP) is 6.64. The average Bonchev–Trinajstić information content (AvgIpc) is 3.23. The number of halogens is 4. The third kappa shape index (κ3) is 5.24. The van der Waals surface area contributed by atoms with Crippen molar-refractivity contribution >= 4 is 62.4 Å². The van der Waals surface area contributed by atoms with Gasteiger partial charge in [0.2, 0.25) is 5.96 Å². The molecule has 0 unspecified atom stereocenters. The summed E-state index contributed by atoms with van der Waals surface area (Å²) in [7, 11) is -2.49. The summed E-state index contributed by atoms with van der Waals surface area (Å²) in [5, 5.41) is 6.51. The van der Waals surface area contributed by atoms with E-state index in [1.165, 1.54) is 36.0 Å². The van der Waals surface area contributed by atoms with Crippen molar-refractivity contribution in [3.8, 4) is 22.4 Å². The lowest BCUT2D eigenvalue weighted by Gasteiger charge is -2.10. The lowest BCUT2D eigenvalue weighted by molar-refractivity contribution is 0.591. The molecule has 34 heavy (non-hydrogen) atoms. The molecule has 3 aromatic carbocycles. The number of nitrogens with zero attached hydrogens (tertiary/aromatic N) is 3. The summed E-state index contributed by atoms with van der Waals surface area (Å²) in [4.78, 5) is 4.14. The van der Waals surface area contributed by atoms with Gasteiger partial charge in [0.25, 0.3) is 10.0 Å². The quantitative estimate of drug-likeness (QED) is 0.227. The first-order valence-electron chi connectivity index (χ1n) is 9.74. The molecule has 174 valence electrons. The van der Waals surface area contributed by atoms with Crippen molar-refractivity contribution in [1.29, 1.82) is 0 Å². The molecule has 1 aromatic heterocycles. The Labute approximate surface area is 216 Å². The van der Waals surface area contributed by atoms with Gasteiger partial charge in [0.15, 0.2) is 0 Å². The molecule has 0 aliphatic carbocycles. The van der Waals surface area contributed by atoms with Gasteiger partial charge < -0.3 is 0 Å². The molecule has 4 aromatic rings. The molecule has 0 radical (unpaired) electrons. The van der Waals surface area contributed by atoms with Crippen molar-refractivity contribution in [3.63, 3.8) is 0 Å². The molecule has 0 atom stereocenters. The number of aliphatic imine (C=N–C) groups is 1. The van der Waals surface area contributed by atoms with Crippen molar-refractivity contribution < 1.29 is 8.42 Å². The van der Waals surface area contributed by atoms with Gasteiger partial charge in [-0.05, 0) is 48.5 Å². The Morgan fingerprint density at radius 3 is 2.03 bits per heavy atom. The number of hydrogen-bond donors (Lipinski definition) is 1. The number of sulfonamides is 1. The second kappa shape index (κ2) is 9.98. The molecule has 0 fully saturated rings. The van der Waals surface area contributed by atoms with Crippen LogP contribution in [0.2, 0.25) is 20.1 Å². The zero-order valence-electron chi connectivity index (χ0n) is 17.5. The first-order valence-corrected chi connectivity index (χ1v) is 12.7. The monoisotopic (exact) mass is 552 g/mol. The minimum Gasteiger partial charge on any atom is -0.254 e. The minimum atomic E-state index is -3.95. The zero-order chi connectivity index (χ0) is 24.5. The highest BCUT2D eigenvalue weighted by Gasteiger charge is 2.21. The minimum absolute atomic E-state index is 0.0125. The van der Waals surface area contributed by atoms with Crippen molar-refractivity contribution in [1.82, 2.24) is 14.5 Å². The van der Waals surface area contributed by atoms with Crippen LogP contribution in [0.3, 0.4) is 0 Å². The summed E-state index contributed by atoms with van der Waals surface area (Å²) in [6.45, 7) is 0. The van der Waals surface area contributed by atoms with E-state index >= 15 is 0 Å². The molecule has 1 N–H and O–H groups in total. The Hall–Kier alpha value is -2.55. The first kappa shape index (κ1) is 24.6. The lowest BCUT2D eigenvalue weighted by Crippen LogP contribution is -2.36. The molecule has 0 saturated heterocycles. The molecule has 6 nitrogen and oxygen atoms in total. The highest BCUT2D eigenvalue weighted by molar-refractivity contribution is 7.90. The molecule has 0 saturated carbocycles. The Bertz CT molecular complexity index is 1480. The Kier molecular flexibility index (Phi) is 7.21. The van der Waals surface area contributed by atoms with Crippen LogP contribution >= 0.6 is 46.4 Å². The van der Waals surface area contributed by atoms with Gasteiger partial charge in [0, 0.05) is 45.0 Å². The maximum atomic E-state index is 12.9. The van der Waals surface area contributed by atoms with E-state index in [2.05, 4.69) is 14.8 Å². The fourth-order valence-corrected chi connectivity index (χ4v) is 5.00. The molecule has 0 aliphatic rings. The number of benzene rings is 3. The summed E-state index contributed by atoms with van der Waals surface area (Å²) in [6, 6.07) is 18.0. The van der Waals surface area contributed by atoms with E-state index in [1.54, 1.807) is 36.5 Å². The van der Waals surface area contributed by atoms with E-state index in [0.717, 1.165) is 5.56 Å². The molecule has 0 aliphatic heterocycles. The smallest absolute Gasteiger partial charge is 0.254 e. The van der Waals surface area contributed by atoms with E-state index in [-0.39, 0.29) is 10.9 Å². The highest BCUT2D eigenvalue weighted by Crippen LogP contribution is 2.36. The standard InChI is InChI=1S/C23H16Cl4N4O2S/c1-28-23(30-34(32,33)18-9-6-16(25)7-10-18)31-13-20(19-11-8-17(26)12-21(19)27)22(29-31)14-2-4-15(24)5-3-14/h2-13H,1H3,(H,28,30). The fourth-order valence-electron chi connectivity index (χ4n) is 3.20. The summed E-state index contributed by atoms with van der Waals surface area (Å²) >= 11 is 24.5. The van der Waals surface area contributed by atoms with E-state index in [1.807, 2.05) is 12.1 Å². The zero-order valence-corrected chi connectivity index (χ0v) is 21.3. The lowest BCUT2D eigenvalue weighted by atomic mass is 10.0. The van der Waals surface area contributed by atoms with Crippen LogP contribution in [0.4, 0.5) is 0 Å². The third-order valence-corrected chi connectivity index (χ3v) is 7.23. The van der Waals surface area contributed by atoms with Crippen LogP contribution in [0.15, 0.2) is 82.8 Å².